The van der Waals surface area contributed by atoms with Crippen molar-refractivity contribution in [2.45, 2.75) is 20.3 Å². The van der Waals surface area contributed by atoms with Crippen molar-refractivity contribution in [3.63, 3.8) is 0 Å². The summed E-state index contributed by atoms with van der Waals surface area (Å²) in [5.41, 5.74) is -0.452. The molecule has 1 rings (SSSR count). The lowest BCUT2D eigenvalue weighted by atomic mass is 10.1. The second kappa shape index (κ2) is 4.64. The van der Waals surface area contributed by atoms with E-state index < -0.39 is 5.69 Å². The molecule has 0 unspecified atom stereocenters. The van der Waals surface area contributed by atoms with Gasteiger partial charge < -0.3 is 10.3 Å². The van der Waals surface area contributed by atoms with Crippen molar-refractivity contribution in [3.05, 3.63) is 27.0 Å². The van der Waals surface area contributed by atoms with Crippen LogP contribution < -0.4 is 16.6 Å². The first-order chi connectivity index (χ1) is 6.59. The maximum Gasteiger partial charge on any atom is 0.325 e. The minimum absolute atomic E-state index is 0.377. The van der Waals surface area contributed by atoms with E-state index in [1.807, 2.05) is 0 Å². The Hall–Kier alpha value is -1.52. The fourth-order valence-electron chi connectivity index (χ4n) is 1.04. The van der Waals surface area contributed by atoms with Crippen molar-refractivity contribution in [1.82, 2.24) is 9.97 Å². The zero-order valence-corrected chi connectivity index (χ0v) is 8.39. The molecule has 0 aliphatic rings. The highest BCUT2D eigenvalue weighted by Gasteiger charge is 1.99. The molecule has 0 aliphatic heterocycles. The van der Waals surface area contributed by atoms with E-state index in [9.17, 15) is 9.59 Å². The number of aromatic amines is 2. The molecule has 0 aromatic carbocycles. The fourth-order valence-corrected chi connectivity index (χ4v) is 1.04. The summed E-state index contributed by atoms with van der Waals surface area (Å²) in [4.78, 5) is 26.4. The third-order valence-electron chi connectivity index (χ3n) is 1.86. The number of H-pyrrole nitrogens is 2. The quantitative estimate of drug-likeness (QED) is 0.658. The summed E-state index contributed by atoms with van der Waals surface area (Å²) in [6.45, 7) is 4.95. The van der Waals surface area contributed by atoms with Gasteiger partial charge >= 0.3 is 5.69 Å². The molecule has 0 bridgehead atoms. The van der Waals surface area contributed by atoms with Crippen molar-refractivity contribution < 1.29 is 0 Å². The van der Waals surface area contributed by atoms with Gasteiger partial charge in [0.15, 0.2) is 0 Å². The van der Waals surface area contributed by atoms with Crippen LogP contribution in [0, 0.1) is 5.92 Å². The standard InChI is InChI=1S/C9H15N3O2/c1-6(2)3-4-10-7-5-11-9(14)12-8(7)13/h5-6,10H,3-4H2,1-2H3,(H2,11,12,13,14). The van der Waals surface area contributed by atoms with Crippen molar-refractivity contribution in [2.75, 3.05) is 11.9 Å². The third-order valence-corrected chi connectivity index (χ3v) is 1.86. The molecule has 14 heavy (non-hydrogen) atoms. The molecule has 5 nitrogen and oxygen atoms in total. The van der Waals surface area contributed by atoms with Gasteiger partial charge in [0, 0.05) is 12.7 Å². The van der Waals surface area contributed by atoms with Crippen molar-refractivity contribution >= 4 is 5.69 Å². The van der Waals surface area contributed by atoms with E-state index in [2.05, 4.69) is 29.1 Å². The van der Waals surface area contributed by atoms with Crippen LogP contribution in [0.5, 0.6) is 0 Å². The normalized spacial score (nSPS) is 10.5. The Morgan fingerprint density at radius 3 is 2.71 bits per heavy atom. The van der Waals surface area contributed by atoms with Crippen LogP contribution in [0.2, 0.25) is 0 Å². The number of aromatic nitrogens is 2. The largest absolute Gasteiger partial charge is 0.379 e. The number of rotatable bonds is 4. The van der Waals surface area contributed by atoms with E-state index in [1.165, 1.54) is 6.20 Å². The minimum Gasteiger partial charge on any atom is -0.379 e. The van der Waals surface area contributed by atoms with Crippen LogP contribution in [-0.4, -0.2) is 16.5 Å². The third kappa shape index (κ3) is 3.08. The Morgan fingerprint density at radius 1 is 1.43 bits per heavy atom. The Kier molecular flexibility index (Phi) is 3.50. The summed E-state index contributed by atoms with van der Waals surface area (Å²) in [5, 5.41) is 2.96. The lowest BCUT2D eigenvalue weighted by Crippen LogP contribution is -2.24. The van der Waals surface area contributed by atoms with Gasteiger partial charge in [0.05, 0.1) is 0 Å². The van der Waals surface area contributed by atoms with Crippen LogP contribution in [0.1, 0.15) is 20.3 Å². The zero-order valence-electron chi connectivity index (χ0n) is 8.39. The molecule has 0 fully saturated rings. The molecule has 1 aromatic heterocycles. The molecule has 1 heterocycles. The summed E-state index contributed by atoms with van der Waals surface area (Å²) in [7, 11) is 0. The van der Waals surface area contributed by atoms with Gasteiger partial charge in [0.25, 0.3) is 5.56 Å². The first-order valence-corrected chi connectivity index (χ1v) is 4.65. The van der Waals surface area contributed by atoms with E-state index in [0.717, 1.165) is 13.0 Å². The lowest BCUT2D eigenvalue weighted by Gasteiger charge is -2.06. The van der Waals surface area contributed by atoms with Gasteiger partial charge in [-0.25, -0.2) is 4.79 Å². The van der Waals surface area contributed by atoms with Crippen molar-refractivity contribution in [3.8, 4) is 0 Å². The average Bonchev–Trinajstić information content (AvgIpc) is 2.08. The smallest absolute Gasteiger partial charge is 0.325 e. The number of anilines is 1. The molecule has 0 radical (unpaired) electrons. The molecule has 0 saturated heterocycles. The summed E-state index contributed by atoms with van der Waals surface area (Å²) < 4.78 is 0. The van der Waals surface area contributed by atoms with Gasteiger partial charge in [0.2, 0.25) is 0 Å². The highest BCUT2D eigenvalue weighted by molar-refractivity contribution is 5.36. The molecule has 0 saturated carbocycles. The summed E-state index contributed by atoms with van der Waals surface area (Å²) in [6, 6.07) is 0. The van der Waals surface area contributed by atoms with E-state index in [1.54, 1.807) is 0 Å². The fraction of sp³-hybridized carbons (Fsp3) is 0.556. The van der Waals surface area contributed by atoms with Crippen molar-refractivity contribution in [2.24, 2.45) is 5.92 Å². The first-order valence-electron chi connectivity index (χ1n) is 4.65. The molecular weight excluding hydrogens is 182 g/mol. The van der Waals surface area contributed by atoms with E-state index in [4.69, 9.17) is 0 Å². The van der Waals surface area contributed by atoms with Crippen LogP contribution in [0.4, 0.5) is 5.69 Å². The van der Waals surface area contributed by atoms with E-state index in [-0.39, 0.29) is 5.56 Å². The van der Waals surface area contributed by atoms with Gasteiger partial charge in [-0.3, -0.25) is 9.78 Å². The second-order valence-electron chi connectivity index (χ2n) is 3.59. The number of nitrogens with one attached hydrogen (secondary N) is 3. The van der Waals surface area contributed by atoms with E-state index in [0.29, 0.717) is 11.6 Å². The van der Waals surface area contributed by atoms with E-state index >= 15 is 0 Å². The molecule has 78 valence electrons. The predicted octanol–water partition coefficient (Wildman–Crippen LogP) is 0.521. The minimum atomic E-state index is -0.482. The molecular formula is C9H15N3O2. The summed E-state index contributed by atoms with van der Waals surface area (Å²) >= 11 is 0. The molecule has 0 atom stereocenters. The monoisotopic (exact) mass is 197 g/mol. The van der Waals surface area contributed by atoms with Crippen LogP contribution >= 0.6 is 0 Å². The molecule has 1 aromatic rings. The Balaban J connectivity index is 2.60. The molecule has 0 amide bonds. The Labute approximate surface area is 81.6 Å². The molecule has 0 spiro atoms. The van der Waals surface area contributed by atoms with Crippen LogP contribution in [-0.2, 0) is 0 Å². The average molecular weight is 197 g/mol. The van der Waals surface area contributed by atoms with Crippen molar-refractivity contribution in [1.29, 1.82) is 0 Å². The van der Waals surface area contributed by atoms with Gasteiger partial charge in [0.1, 0.15) is 5.69 Å². The van der Waals surface area contributed by atoms with Gasteiger partial charge in [-0.2, -0.15) is 0 Å². The van der Waals surface area contributed by atoms with Gasteiger partial charge in [-0.05, 0) is 12.3 Å². The molecule has 0 aliphatic carbocycles. The SMILES string of the molecule is CC(C)CCNc1c[nH]c(=O)[nH]c1=O. The van der Waals surface area contributed by atoms with Gasteiger partial charge in [-0.15, -0.1) is 0 Å². The highest BCUT2D eigenvalue weighted by atomic mass is 16.2. The van der Waals surface area contributed by atoms with Gasteiger partial charge in [-0.1, -0.05) is 13.8 Å². The maximum atomic E-state index is 11.2. The predicted molar refractivity (Wildman–Crippen MR) is 55.6 cm³/mol. The van der Waals surface area contributed by atoms with Crippen LogP contribution in [0.25, 0.3) is 0 Å². The number of hydrogen-bond acceptors (Lipinski definition) is 3. The maximum absolute atomic E-state index is 11.2. The number of hydrogen-bond donors (Lipinski definition) is 3. The molecule has 5 heteroatoms. The van der Waals surface area contributed by atoms with Crippen LogP contribution in [0.3, 0.4) is 0 Å². The first kappa shape index (κ1) is 10.6. The topological polar surface area (TPSA) is 77.8 Å². The Morgan fingerprint density at radius 2 is 2.14 bits per heavy atom. The summed E-state index contributed by atoms with van der Waals surface area (Å²) in [6.07, 6.45) is 2.38. The molecule has 3 N–H and O–H groups in total. The van der Waals surface area contributed by atoms with Crippen LogP contribution in [0.15, 0.2) is 15.8 Å². The highest BCUT2D eigenvalue weighted by Crippen LogP contribution is 2.00. The Bertz CT molecular complexity index is 392. The lowest BCUT2D eigenvalue weighted by molar-refractivity contribution is 0.607. The summed E-state index contributed by atoms with van der Waals surface area (Å²) in [5.74, 6) is 0.587. The second-order valence-corrected chi connectivity index (χ2v) is 3.59. The zero-order chi connectivity index (χ0) is 10.6.